The van der Waals surface area contributed by atoms with Crippen LogP contribution in [0.3, 0.4) is 0 Å². The highest BCUT2D eigenvalue weighted by Gasteiger charge is 2.12. The van der Waals surface area contributed by atoms with E-state index in [2.05, 4.69) is 4.98 Å². The van der Waals surface area contributed by atoms with Gasteiger partial charge in [0.2, 0.25) is 0 Å². The fourth-order valence-electron chi connectivity index (χ4n) is 1.53. The Morgan fingerprint density at radius 3 is 2.53 bits per heavy atom. The molecule has 96 valence electrons. The molecule has 1 aromatic carbocycles. The van der Waals surface area contributed by atoms with Crippen LogP contribution in [-0.2, 0) is 0 Å². The molecule has 2 aromatic rings. The number of benzene rings is 1. The zero-order valence-electron chi connectivity index (χ0n) is 10.1. The van der Waals surface area contributed by atoms with Crippen LogP contribution in [0.1, 0.15) is 20.7 Å². The Morgan fingerprint density at radius 1 is 1.11 bits per heavy atom. The average Bonchev–Trinajstić information content (AvgIpc) is 2.46. The maximum absolute atomic E-state index is 11.9. The van der Waals surface area contributed by atoms with E-state index < -0.39 is 5.91 Å². The number of pyridine rings is 1. The first-order chi connectivity index (χ1) is 9.18. The number of thioether (sulfide) groups is 1. The van der Waals surface area contributed by atoms with E-state index in [1.54, 1.807) is 30.5 Å². The number of rotatable bonds is 5. The van der Waals surface area contributed by atoms with Gasteiger partial charge < -0.3 is 5.73 Å². The van der Waals surface area contributed by atoms with Gasteiger partial charge in [-0.1, -0.05) is 42.1 Å². The van der Waals surface area contributed by atoms with Gasteiger partial charge in [-0.05, 0) is 12.1 Å². The van der Waals surface area contributed by atoms with Crippen LogP contribution < -0.4 is 5.73 Å². The Labute approximate surface area is 115 Å². The van der Waals surface area contributed by atoms with E-state index in [0.717, 1.165) is 0 Å². The number of Topliss-reactive ketones (excluding diaryl/α,β-unsaturated/α-hetero) is 1. The van der Waals surface area contributed by atoms with Gasteiger partial charge in [-0.2, -0.15) is 0 Å². The highest BCUT2D eigenvalue weighted by Crippen LogP contribution is 2.20. The molecule has 0 aliphatic carbocycles. The number of hydrogen-bond acceptors (Lipinski definition) is 4. The van der Waals surface area contributed by atoms with Crippen LogP contribution in [0.15, 0.2) is 53.7 Å². The number of ketones is 1. The van der Waals surface area contributed by atoms with Gasteiger partial charge in [0.15, 0.2) is 5.78 Å². The summed E-state index contributed by atoms with van der Waals surface area (Å²) >= 11 is 1.22. The number of hydrogen-bond donors (Lipinski definition) is 1. The number of primary amides is 1. The molecule has 1 amide bonds. The fraction of sp³-hybridized carbons (Fsp3) is 0.0714. The lowest BCUT2D eigenvalue weighted by molar-refractivity contribution is 0.0992. The summed E-state index contributed by atoms with van der Waals surface area (Å²) in [5.74, 6) is -0.323. The molecule has 5 heteroatoms. The average molecular weight is 272 g/mol. The Bertz CT molecular complexity index is 599. The summed E-state index contributed by atoms with van der Waals surface area (Å²) in [6.07, 6.45) is 1.57. The maximum Gasteiger partial charge on any atom is 0.251 e. The molecule has 0 radical (unpaired) electrons. The molecule has 0 aliphatic heterocycles. The smallest absolute Gasteiger partial charge is 0.251 e. The Kier molecular flexibility index (Phi) is 4.30. The summed E-state index contributed by atoms with van der Waals surface area (Å²) in [6, 6.07) is 12.2. The maximum atomic E-state index is 11.9. The fourth-order valence-corrected chi connectivity index (χ4v) is 2.43. The largest absolute Gasteiger partial charge is 0.366 e. The van der Waals surface area contributed by atoms with E-state index in [1.165, 1.54) is 11.8 Å². The first-order valence-corrected chi connectivity index (χ1v) is 6.63. The standard InChI is InChI=1S/C14H12N2O2S/c15-13(18)11-7-4-8-16-14(11)19-9-12(17)10-5-2-1-3-6-10/h1-8H,9H2,(H2,15,18). The quantitative estimate of drug-likeness (QED) is 0.668. The predicted molar refractivity (Wildman–Crippen MR) is 74.3 cm³/mol. The van der Waals surface area contributed by atoms with Crippen LogP contribution >= 0.6 is 11.8 Å². The van der Waals surface area contributed by atoms with Crippen LogP contribution in [-0.4, -0.2) is 22.4 Å². The van der Waals surface area contributed by atoms with Crippen molar-refractivity contribution >= 4 is 23.5 Å². The van der Waals surface area contributed by atoms with E-state index in [0.29, 0.717) is 16.2 Å². The van der Waals surface area contributed by atoms with E-state index in [4.69, 9.17) is 5.73 Å². The molecule has 0 atom stereocenters. The first kappa shape index (κ1) is 13.3. The lowest BCUT2D eigenvalue weighted by Crippen LogP contribution is -2.13. The summed E-state index contributed by atoms with van der Waals surface area (Å²) in [5, 5.41) is 0.485. The van der Waals surface area contributed by atoms with Gasteiger partial charge in [0.05, 0.1) is 11.3 Å². The topological polar surface area (TPSA) is 73.1 Å². The lowest BCUT2D eigenvalue weighted by Gasteiger charge is -2.04. The van der Waals surface area contributed by atoms with E-state index in [1.807, 2.05) is 18.2 Å². The van der Waals surface area contributed by atoms with Crippen molar-refractivity contribution < 1.29 is 9.59 Å². The lowest BCUT2D eigenvalue weighted by atomic mass is 10.2. The Hall–Kier alpha value is -2.14. The van der Waals surface area contributed by atoms with Crippen LogP contribution in [0.5, 0.6) is 0 Å². The molecule has 2 rings (SSSR count). The highest BCUT2D eigenvalue weighted by atomic mass is 32.2. The number of carbonyl (C=O) groups excluding carboxylic acids is 2. The summed E-state index contributed by atoms with van der Waals surface area (Å²) in [6.45, 7) is 0. The molecule has 4 nitrogen and oxygen atoms in total. The molecule has 0 fully saturated rings. The van der Waals surface area contributed by atoms with Crippen molar-refractivity contribution in [3.63, 3.8) is 0 Å². The van der Waals surface area contributed by atoms with Crippen LogP contribution in [0.25, 0.3) is 0 Å². The van der Waals surface area contributed by atoms with Crippen LogP contribution in [0.2, 0.25) is 0 Å². The molecule has 0 spiro atoms. The minimum Gasteiger partial charge on any atom is -0.366 e. The summed E-state index contributed by atoms with van der Waals surface area (Å²) < 4.78 is 0. The van der Waals surface area contributed by atoms with E-state index in [-0.39, 0.29) is 11.5 Å². The van der Waals surface area contributed by atoms with Crippen molar-refractivity contribution in [3.8, 4) is 0 Å². The van der Waals surface area contributed by atoms with Gasteiger partial charge in [0.25, 0.3) is 5.91 Å². The summed E-state index contributed by atoms with van der Waals surface area (Å²) in [5.41, 5.74) is 6.24. The van der Waals surface area contributed by atoms with Crippen molar-refractivity contribution in [2.24, 2.45) is 5.73 Å². The number of nitrogens with zero attached hydrogens (tertiary/aromatic N) is 1. The second-order valence-electron chi connectivity index (χ2n) is 3.80. The van der Waals surface area contributed by atoms with Gasteiger partial charge in [0.1, 0.15) is 5.03 Å². The van der Waals surface area contributed by atoms with Gasteiger partial charge in [-0.3, -0.25) is 9.59 Å². The normalized spacial score (nSPS) is 10.1. The number of nitrogens with two attached hydrogens (primary N) is 1. The van der Waals surface area contributed by atoms with Gasteiger partial charge in [-0.15, -0.1) is 0 Å². The molecule has 0 saturated carbocycles. The zero-order chi connectivity index (χ0) is 13.7. The SMILES string of the molecule is NC(=O)c1cccnc1SCC(=O)c1ccccc1. The molecule has 1 aromatic heterocycles. The molecule has 2 N–H and O–H groups in total. The van der Waals surface area contributed by atoms with Gasteiger partial charge in [-0.25, -0.2) is 4.98 Å². The second kappa shape index (κ2) is 6.15. The zero-order valence-corrected chi connectivity index (χ0v) is 10.9. The molecule has 1 heterocycles. The highest BCUT2D eigenvalue weighted by molar-refractivity contribution is 8.00. The molecule has 0 bridgehead atoms. The number of amides is 1. The van der Waals surface area contributed by atoms with E-state index >= 15 is 0 Å². The molecular weight excluding hydrogens is 260 g/mol. The van der Waals surface area contributed by atoms with Crippen LogP contribution in [0, 0.1) is 0 Å². The van der Waals surface area contributed by atoms with Crippen molar-refractivity contribution in [1.82, 2.24) is 4.98 Å². The Balaban J connectivity index is 2.07. The van der Waals surface area contributed by atoms with Crippen molar-refractivity contribution in [1.29, 1.82) is 0 Å². The molecule has 0 saturated heterocycles. The van der Waals surface area contributed by atoms with Crippen molar-refractivity contribution in [2.45, 2.75) is 5.03 Å². The number of aromatic nitrogens is 1. The number of carbonyl (C=O) groups is 2. The van der Waals surface area contributed by atoms with Gasteiger partial charge in [0, 0.05) is 11.8 Å². The molecule has 19 heavy (non-hydrogen) atoms. The Morgan fingerprint density at radius 2 is 1.84 bits per heavy atom. The monoisotopic (exact) mass is 272 g/mol. The van der Waals surface area contributed by atoms with Crippen molar-refractivity contribution in [2.75, 3.05) is 5.75 Å². The minimum absolute atomic E-state index is 0.00771. The van der Waals surface area contributed by atoms with Crippen LogP contribution in [0.4, 0.5) is 0 Å². The third-order valence-electron chi connectivity index (χ3n) is 2.47. The molecule has 0 aliphatic rings. The first-order valence-electron chi connectivity index (χ1n) is 5.64. The third-order valence-corrected chi connectivity index (χ3v) is 3.48. The minimum atomic E-state index is -0.539. The van der Waals surface area contributed by atoms with Gasteiger partial charge >= 0.3 is 0 Å². The molecular formula is C14H12N2O2S. The third kappa shape index (κ3) is 3.42. The molecule has 0 unspecified atom stereocenters. The predicted octanol–water partition coefficient (Wildman–Crippen LogP) is 2.16. The summed E-state index contributed by atoms with van der Waals surface area (Å²) in [4.78, 5) is 27.2. The summed E-state index contributed by atoms with van der Waals surface area (Å²) in [7, 11) is 0. The second-order valence-corrected chi connectivity index (χ2v) is 4.76. The van der Waals surface area contributed by atoms with Crippen molar-refractivity contribution in [3.05, 3.63) is 59.8 Å². The van der Waals surface area contributed by atoms with E-state index in [9.17, 15) is 9.59 Å².